The van der Waals surface area contributed by atoms with Crippen LogP contribution in [-0.2, 0) is 7.05 Å². The number of rotatable bonds is 3. The summed E-state index contributed by atoms with van der Waals surface area (Å²) in [7, 11) is 1.80. The zero-order chi connectivity index (χ0) is 17.4. The summed E-state index contributed by atoms with van der Waals surface area (Å²) in [5.41, 5.74) is 2.41. The molecule has 0 radical (unpaired) electrons. The van der Waals surface area contributed by atoms with E-state index in [0.717, 1.165) is 47.0 Å². The number of amides is 1. The van der Waals surface area contributed by atoms with Crippen molar-refractivity contribution in [3.05, 3.63) is 35.9 Å². The standard InChI is InChI=1S/C17H20N6OS/c1-11-9-14(22(2)21-11)16(24)19-12-4-7-23(8-5-12)17-20-13-10-18-6-3-15(13)25-17/h3,6,9-10,12H,4-5,7-8H2,1-2H3,(H,19,24). The lowest BCUT2D eigenvalue weighted by atomic mass is 10.1. The average molecular weight is 356 g/mol. The number of nitrogens with zero attached hydrogens (tertiary/aromatic N) is 5. The molecule has 1 fully saturated rings. The third-order valence-corrected chi connectivity index (χ3v) is 5.61. The quantitative estimate of drug-likeness (QED) is 0.778. The van der Waals surface area contributed by atoms with Crippen molar-refractivity contribution in [3.63, 3.8) is 0 Å². The number of carbonyl (C=O) groups excluding carboxylic acids is 1. The van der Waals surface area contributed by atoms with Crippen molar-refractivity contribution in [2.75, 3.05) is 18.0 Å². The van der Waals surface area contributed by atoms with Crippen LogP contribution in [0.5, 0.6) is 0 Å². The summed E-state index contributed by atoms with van der Waals surface area (Å²) in [5.74, 6) is -0.0485. The number of anilines is 1. The van der Waals surface area contributed by atoms with E-state index in [4.69, 9.17) is 0 Å². The van der Waals surface area contributed by atoms with Crippen LogP contribution in [0.3, 0.4) is 0 Å². The smallest absolute Gasteiger partial charge is 0.269 e. The minimum Gasteiger partial charge on any atom is -0.348 e. The van der Waals surface area contributed by atoms with Crippen molar-refractivity contribution in [2.24, 2.45) is 7.05 Å². The minimum atomic E-state index is -0.0485. The first-order chi connectivity index (χ1) is 12.1. The molecule has 3 aromatic heterocycles. The lowest BCUT2D eigenvalue weighted by molar-refractivity contribution is 0.0921. The molecule has 0 atom stereocenters. The van der Waals surface area contributed by atoms with Gasteiger partial charge in [0.05, 0.1) is 16.6 Å². The van der Waals surface area contributed by atoms with Crippen molar-refractivity contribution in [1.82, 2.24) is 25.1 Å². The van der Waals surface area contributed by atoms with Crippen LogP contribution in [-0.4, -0.2) is 44.8 Å². The van der Waals surface area contributed by atoms with Gasteiger partial charge in [0.25, 0.3) is 5.91 Å². The molecule has 0 aliphatic carbocycles. The molecule has 0 unspecified atom stereocenters. The van der Waals surface area contributed by atoms with Gasteiger partial charge in [-0.05, 0) is 31.9 Å². The predicted molar refractivity (Wildman–Crippen MR) is 98.1 cm³/mol. The number of thiazole rings is 1. The zero-order valence-electron chi connectivity index (χ0n) is 14.3. The van der Waals surface area contributed by atoms with E-state index in [1.54, 1.807) is 35.5 Å². The molecular formula is C17H20N6OS. The second kappa shape index (κ2) is 6.44. The van der Waals surface area contributed by atoms with Gasteiger partial charge in [0.1, 0.15) is 11.2 Å². The topological polar surface area (TPSA) is 75.9 Å². The maximum Gasteiger partial charge on any atom is 0.269 e. The first kappa shape index (κ1) is 16.0. The number of aromatic nitrogens is 4. The summed E-state index contributed by atoms with van der Waals surface area (Å²) in [6.07, 6.45) is 5.43. The van der Waals surface area contributed by atoms with E-state index in [-0.39, 0.29) is 11.9 Å². The number of aryl methyl sites for hydroxylation is 2. The van der Waals surface area contributed by atoms with Gasteiger partial charge in [-0.3, -0.25) is 14.5 Å². The Hall–Kier alpha value is -2.48. The molecule has 1 aliphatic rings. The van der Waals surface area contributed by atoms with Crippen molar-refractivity contribution >= 4 is 32.6 Å². The van der Waals surface area contributed by atoms with E-state index in [1.165, 1.54) is 0 Å². The van der Waals surface area contributed by atoms with Crippen molar-refractivity contribution in [1.29, 1.82) is 0 Å². The Morgan fingerprint density at radius 3 is 2.84 bits per heavy atom. The number of piperidine rings is 1. The summed E-state index contributed by atoms with van der Waals surface area (Å²) in [4.78, 5) is 23.5. The lowest BCUT2D eigenvalue weighted by Gasteiger charge is -2.32. The fourth-order valence-corrected chi connectivity index (χ4v) is 4.18. The van der Waals surface area contributed by atoms with Crippen LogP contribution in [0, 0.1) is 6.92 Å². The number of pyridine rings is 1. The number of nitrogens with one attached hydrogen (secondary N) is 1. The molecule has 1 saturated heterocycles. The molecule has 130 valence electrons. The summed E-state index contributed by atoms with van der Waals surface area (Å²) in [5, 5.41) is 8.40. The summed E-state index contributed by atoms with van der Waals surface area (Å²) in [6.45, 7) is 3.67. The molecule has 8 heteroatoms. The molecule has 1 N–H and O–H groups in total. The molecule has 1 amide bonds. The number of fused-ring (bicyclic) bond motifs is 1. The largest absolute Gasteiger partial charge is 0.348 e. The second-order valence-corrected chi connectivity index (χ2v) is 7.38. The molecule has 0 saturated carbocycles. The Kier molecular flexibility index (Phi) is 4.12. The monoisotopic (exact) mass is 356 g/mol. The van der Waals surface area contributed by atoms with Crippen molar-refractivity contribution < 1.29 is 4.79 Å². The van der Waals surface area contributed by atoms with Gasteiger partial charge in [-0.15, -0.1) is 0 Å². The van der Waals surface area contributed by atoms with Gasteiger partial charge in [-0.25, -0.2) is 4.98 Å². The summed E-state index contributed by atoms with van der Waals surface area (Å²) < 4.78 is 2.79. The van der Waals surface area contributed by atoms with Crippen molar-refractivity contribution in [2.45, 2.75) is 25.8 Å². The van der Waals surface area contributed by atoms with Gasteiger partial charge in [-0.1, -0.05) is 11.3 Å². The molecule has 0 aromatic carbocycles. The predicted octanol–water partition coefficient (Wildman–Crippen LogP) is 2.13. The highest BCUT2D eigenvalue weighted by Crippen LogP contribution is 2.29. The Balaban J connectivity index is 1.38. The van der Waals surface area contributed by atoms with Gasteiger partial charge in [0.15, 0.2) is 5.13 Å². The lowest BCUT2D eigenvalue weighted by Crippen LogP contribution is -2.45. The van der Waals surface area contributed by atoms with Gasteiger partial charge < -0.3 is 10.2 Å². The van der Waals surface area contributed by atoms with Crippen molar-refractivity contribution in [3.8, 4) is 0 Å². The maximum atomic E-state index is 12.4. The Bertz CT molecular complexity index is 876. The second-order valence-electron chi connectivity index (χ2n) is 6.37. The highest BCUT2D eigenvalue weighted by molar-refractivity contribution is 7.22. The van der Waals surface area contributed by atoms with E-state index in [9.17, 15) is 4.79 Å². The SMILES string of the molecule is Cc1cc(C(=O)NC2CCN(c3nc4cnccc4s3)CC2)n(C)n1. The molecule has 1 aliphatic heterocycles. The van der Waals surface area contributed by atoms with Gasteiger partial charge in [0, 0.05) is 32.4 Å². The van der Waals surface area contributed by atoms with E-state index in [1.807, 2.05) is 19.1 Å². The van der Waals surface area contributed by atoms with Crippen LogP contribution < -0.4 is 10.2 Å². The van der Waals surface area contributed by atoms with E-state index >= 15 is 0 Å². The normalized spacial score (nSPS) is 15.7. The molecular weight excluding hydrogens is 336 g/mol. The first-order valence-electron chi connectivity index (χ1n) is 8.37. The van der Waals surface area contributed by atoms with E-state index in [2.05, 4.69) is 25.3 Å². The van der Waals surface area contributed by atoms with Crippen LogP contribution in [0.2, 0.25) is 0 Å². The van der Waals surface area contributed by atoms with E-state index in [0.29, 0.717) is 5.69 Å². The summed E-state index contributed by atoms with van der Waals surface area (Å²) >= 11 is 1.70. The fourth-order valence-electron chi connectivity index (χ4n) is 3.20. The molecule has 25 heavy (non-hydrogen) atoms. The van der Waals surface area contributed by atoms with Gasteiger partial charge in [0.2, 0.25) is 0 Å². The molecule has 0 spiro atoms. The van der Waals surface area contributed by atoms with Gasteiger partial charge in [-0.2, -0.15) is 5.10 Å². The molecule has 4 rings (SSSR count). The first-order valence-corrected chi connectivity index (χ1v) is 9.19. The number of hydrogen-bond donors (Lipinski definition) is 1. The van der Waals surface area contributed by atoms with Crippen LogP contribution in [0.1, 0.15) is 29.0 Å². The van der Waals surface area contributed by atoms with Crippen LogP contribution in [0.4, 0.5) is 5.13 Å². The highest BCUT2D eigenvalue weighted by Gasteiger charge is 2.24. The van der Waals surface area contributed by atoms with Crippen LogP contribution in [0.15, 0.2) is 24.5 Å². The van der Waals surface area contributed by atoms with Crippen LogP contribution >= 0.6 is 11.3 Å². The number of hydrogen-bond acceptors (Lipinski definition) is 6. The Morgan fingerprint density at radius 2 is 2.16 bits per heavy atom. The Labute approximate surface area is 149 Å². The highest BCUT2D eigenvalue weighted by atomic mass is 32.1. The fraction of sp³-hybridized carbons (Fsp3) is 0.412. The van der Waals surface area contributed by atoms with Gasteiger partial charge >= 0.3 is 0 Å². The maximum absolute atomic E-state index is 12.4. The molecule has 0 bridgehead atoms. The molecule has 4 heterocycles. The zero-order valence-corrected chi connectivity index (χ0v) is 15.1. The van der Waals surface area contributed by atoms with E-state index < -0.39 is 0 Å². The van der Waals surface area contributed by atoms with Crippen LogP contribution in [0.25, 0.3) is 10.2 Å². The minimum absolute atomic E-state index is 0.0485. The summed E-state index contributed by atoms with van der Waals surface area (Å²) in [6, 6.07) is 4.01. The third kappa shape index (κ3) is 3.21. The Morgan fingerprint density at radius 1 is 1.36 bits per heavy atom. The average Bonchev–Trinajstić information content (AvgIpc) is 3.18. The third-order valence-electron chi connectivity index (χ3n) is 4.51. The molecule has 7 nitrogen and oxygen atoms in total. The number of carbonyl (C=O) groups is 1. The molecule has 3 aromatic rings.